The van der Waals surface area contributed by atoms with Crippen LogP contribution in [0.1, 0.15) is 51.4 Å². The molecule has 0 bridgehead atoms. The van der Waals surface area contributed by atoms with E-state index in [1.807, 2.05) is 45.0 Å². The smallest absolute Gasteiger partial charge is 0.343 e. The van der Waals surface area contributed by atoms with E-state index in [2.05, 4.69) is 15.7 Å². The maximum absolute atomic E-state index is 12.7. The Balaban J connectivity index is 1.62. The molecule has 1 aromatic heterocycles. The molecule has 2 amide bonds. The van der Waals surface area contributed by atoms with E-state index >= 15 is 0 Å². The molecule has 2 N–H and O–H groups in total. The van der Waals surface area contributed by atoms with Crippen LogP contribution in [-0.4, -0.2) is 40.7 Å². The summed E-state index contributed by atoms with van der Waals surface area (Å²) in [6.45, 7) is 7.99. The van der Waals surface area contributed by atoms with Gasteiger partial charge in [-0.1, -0.05) is 67.4 Å². The first-order valence-electron chi connectivity index (χ1n) is 11.3. The zero-order chi connectivity index (χ0) is 25.5. The number of ether oxygens (including phenoxy) is 1. The molecule has 184 valence electrons. The van der Waals surface area contributed by atoms with Crippen molar-refractivity contribution < 1.29 is 19.1 Å². The van der Waals surface area contributed by atoms with E-state index in [1.54, 1.807) is 31.2 Å². The van der Waals surface area contributed by atoms with Gasteiger partial charge >= 0.3 is 5.97 Å². The molecule has 1 heterocycles. The Labute approximate surface area is 209 Å². The molecule has 9 heteroatoms. The number of nitrogens with one attached hydrogen (secondary N) is 2. The van der Waals surface area contributed by atoms with E-state index in [0.717, 1.165) is 11.1 Å². The lowest BCUT2D eigenvalue weighted by molar-refractivity contribution is -0.119. The van der Waals surface area contributed by atoms with Crippen LogP contribution in [0.5, 0.6) is 0 Å². The van der Waals surface area contributed by atoms with E-state index in [1.165, 1.54) is 4.68 Å². The van der Waals surface area contributed by atoms with E-state index in [0.29, 0.717) is 30.0 Å². The number of nitrogens with zero attached hydrogens (tertiary/aromatic N) is 2. The molecule has 0 saturated heterocycles. The summed E-state index contributed by atoms with van der Waals surface area (Å²) in [6.07, 6.45) is 0. The third-order valence-electron chi connectivity index (χ3n) is 5.17. The number of aromatic nitrogens is 2. The molecule has 2 aromatic carbocycles. The molecule has 8 nitrogen and oxygen atoms in total. The van der Waals surface area contributed by atoms with Crippen LogP contribution in [0.4, 0.5) is 5.69 Å². The van der Waals surface area contributed by atoms with Crippen molar-refractivity contribution in [2.75, 3.05) is 18.5 Å². The van der Waals surface area contributed by atoms with Crippen molar-refractivity contribution in [1.82, 2.24) is 15.1 Å². The number of carbonyl (C=O) groups excluding carboxylic acids is 3. The number of rotatable bonds is 9. The summed E-state index contributed by atoms with van der Waals surface area (Å²) < 4.78 is 6.71. The van der Waals surface area contributed by atoms with Crippen molar-refractivity contribution in [2.45, 2.75) is 34.2 Å². The van der Waals surface area contributed by atoms with Crippen LogP contribution in [0.25, 0.3) is 0 Å². The fourth-order valence-electron chi connectivity index (χ4n) is 3.33. The topological polar surface area (TPSA) is 102 Å². The van der Waals surface area contributed by atoms with E-state index in [-0.39, 0.29) is 22.5 Å². The van der Waals surface area contributed by atoms with E-state index in [9.17, 15) is 14.4 Å². The first-order chi connectivity index (χ1) is 16.7. The maximum atomic E-state index is 12.7. The highest BCUT2D eigenvalue weighted by molar-refractivity contribution is 6.32. The van der Waals surface area contributed by atoms with Gasteiger partial charge in [-0.2, -0.15) is 5.10 Å². The van der Waals surface area contributed by atoms with Crippen molar-refractivity contribution in [1.29, 1.82) is 0 Å². The molecule has 0 spiro atoms. The quantitative estimate of drug-likeness (QED) is 0.428. The van der Waals surface area contributed by atoms with E-state index < -0.39 is 18.5 Å². The van der Waals surface area contributed by atoms with Crippen molar-refractivity contribution in [3.8, 4) is 0 Å². The van der Waals surface area contributed by atoms with Crippen LogP contribution < -0.4 is 10.6 Å². The number of amides is 2. The largest absolute Gasteiger partial charge is 0.452 e. The third-order valence-corrected chi connectivity index (χ3v) is 5.56. The van der Waals surface area contributed by atoms with Gasteiger partial charge in [0, 0.05) is 6.54 Å². The highest BCUT2D eigenvalue weighted by atomic mass is 35.5. The number of para-hydroxylation sites is 1. The Bertz CT molecular complexity index is 1220. The summed E-state index contributed by atoms with van der Waals surface area (Å²) in [7, 11) is 0. The molecule has 0 atom stereocenters. The zero-order valence-corrected chi connectivity index (χ0v) is 21.0. The number of benzene rings is 2. The predicted molar refractivity (Wildman–Crippen MR) is 135 cm³/mol. The van der Waals surface area contributed by atoms with Crippen molar-refractivity contribution >= 4 is 35.1 Å². The lowest BCUT2D eigenvalue weighted by Gasteiger charge is -2.12. The van der Waals surface area contributed by atoms with Gasteiger partial charge in [0.05, 0.1) is 23.5 Å². The van der Waals surface area contributed by atoms with Gasteiger partial charge < -0.3 is 15.4 Å². The molecular formula is C26H29ClN4O4. The normalized spacial score (nSPS) is 10.8. The molecule has 0 fully saturated rings. The van der Waals surface area contributed by atoms with E-state index in [4.69, 9.17) is 16.3 Å². The summed E-state index contributed by atoms with van der Waals surface area (Å²) in [6, 6.07) is 14.5. The first-order valence-corrected chi connectivity index (χ1v) is 11.7. The Hall–Kier alpha value is -3.65. The minimum atomic E-state index is -0.749. The number of esters is 1. The van der Waals surface area contributed by atoms with Gasteiger partial charge in [0.2, 0.25) is 0 Å². The summed E-state index contributed by atoms with van der Waals surface area (Å²) in [5, 5.41) is 9.93. The number of hydrogen-bond donors (Lipinski definition) is 2. The van der Waals surface area contributed by atoms with Gasteiger partial charge in [0.25, 0.3) is 11.8 Å². The van der Waals surface area contributed by atoms with Gasteiger partial charge in [-0.05, 0) is 37.5 Å². The van der Waals surface area contributed by atoms with Crippen molar-refractivity contribution in [2.24, 2.45) is 5.92 Å². The minimum Gasteiger partial charge on any atom is -0.452 e. The summed E-state index contributed by atoms with van der Waals surface area (Å²) in [4.78, 5) is 37.6. The Kier molecular flexibility index (Phi) is 8.65. The SMILES string of the molecule is Cc1ccc(Cn2nc(C)c(C(=O)OCC(=O)Nc3ccccc3C(=O)NCC(C)C)c2Cl)cc1. The van der Waals surface area contributed by atoms with Crippen LogP contribution in [-0.2, 0) is 16.1 Å². The monoisotopic (exact) mass is 496 g/mol. The minimum absolute atomic E-state index is 0.111. The third kappa shape index (κ3) is 6.93. The van der Waals surface area contributed by atoms with Crippen molar-refractivity contribution in [3.63, 3.8) is 0 Å². The van der Waals surface area contributed by atoms with Gasteiger partial charge in [-0.15, -0.1) is 0 Å². The number of hydrogen-bond acceptors (Lipinski definition) is 5. The molecule has 0 aliphatic rings. The highest BCUT2D eigenvalue weighted by Crippen LogP contribution is 2.22. The fourth-order valence-corrected chi connectivity index (χ4v) is 3.64. The average molecular weight is 497 g/mol. The lowest BCUT2D eigenvalue weighted by Crippen LogP contribution is -2.29. The van der Waals surface area contributed by atoms with Gasteiger partial charge in [0.15, 0.2) is 6.61 Å². The zero-order valence-electron chi connectivity index (χ0n) is 20.2. The van der Waals surface area contributed by atoms with Crippen LogP contribution in [0.2, 0.25) is 5.15 Å². The second-order valence-corrected chi connectivity index (χ2v) is 9.03. The standard InChI is InChI=1S/C26H29ClN4O4/c1-16(2)13-28-25(33)20-7-5-6-8-21(20)29-22(32)15-35-26(34)23-18(4)30-31(24(23)27)14-19-11-9-17(3)10-12-19/h5-12,16H,13-15H2,1-4H3,(H,28,33)(H,29,32). The predicted octanol–water partition coefficient (Wildman–Crippen LogP) is 4.38. The van der Waals surface area contributed by atoms with Crippen LogP contribution in [0, 0.1) is 19.8 Å². The summed E-state index contributed by atoms with van der Waals surface area (Å²) in [5.74, 6) is -1.34. The molecule has 3 aromatic rings. The molecule has 3 rings (SSSR count). The second kappa shape index (κ2) is 11.7. The molecule has 35 heavy (non-hydrogen) atoms. The molecular weight excluding hydrogens is 468 g/mol. The Morgan fingerprint density at radius 2 is 1.74 bits per heavy atom. The molecule has 0 radical (unpaired) electrons. The molecule has 0 unspecified atom stereocenters. The summed E-state index contributed by atoms with van der Waals surface area (Å²) in [5.41, 5.74) is 3.28. The van der Waals surface area contributed by atoms with Crippen molar-refractivity contribution in [3.05, 3.63) is 81.6 Å². The first kappa shape index (κ1) is 26.0. The Morgan fingerprint density at radius 3 is 2.43 bits per heavy atom. The number of carbonyl (C=O) groups is 3. The second-order valence-electron chi connectivity index (χ2n) is 8.67. The van der Waals surface area contributed by atoms with Gasteiger partial charge in [-0.3, -0.25) is 9.59 Å². The molecule has 0 aliphatic carbocycles. The van der Waals surface area contributed by atoms with Gasteiger partial charge in [0.1, 0.15) is 10.7 Å². The number of halogens is 1. The lowest BCUT2D eigenvalue weighted by atomic mass is 10.1. The molecule has 0 saturated carbocycles. The number of anilines is 1. The highest BCUT2D eigenvalue weighted by Gasteiger charge is 2.23. The number of aryl methyl sites for hydroxylation is 2. The van der Waals surface area contributed by atoms with Crippen LogP contribution in [0.15, 0.2) is 48.5 Å². The van der Waals surface area contributed by atoms with Crippen LogP contribution >= 0.6 is 11.6 Å². The molecule has 0 aliphatic heterocycles. The average Bonchev–Trinajstić information content (AvgIpc) is 3.10. The maximum Gasteiger partial charge on any atom is 0.343 e. The van der Waals surface area contributed by atoms with Gasteiger partial charge in [-0.25, -0.2) is 9.48 Å². The van der Waals surface area contributed by atoms with Crippen LogP contribution in [0.3, 0.4) is 0 Å². The fraction of sp³-hybridized carbons (Fsp3) is 0.308. The summed E-state index contributed by atoms with van der Waals surface area (Å²) >= 11 is 6.41. The Morgan fingerprint density at radius 1 is 1.06 bits per heavy atom.